The van der Waals surface area contributed by atoms with Crippen LogP contribution in [0, 0.1) is 6.92 Å². The lowest BCUT2D eigenvalue weighted by atomic mass is 10.1. The Bertz CT molecular complexity index is 808. The molecule has 3 aromatic rings. The van der Waals surface area contributed by atoms with Gasteiger partial charge < -0.3 is 15.6 Å². The maximum Gasteiger partial charge on any atom is 0.230 e. The van der Waals surface area contributed by atoms with E-state index < -0.39 is 0 Å². The zero-order valence-corrected chi connectivity index (χ0v) is 11.6. The van der Waals surface area contributed by atoms with Gasteiger partial charge in [-0.25, -0.2) is 0 Å². The summed E-state index contributed by atoms with van der Waals surface area (Å²) < 4.78 is 5.19. The maximum atomic E-state index is 12.1. The van der Waals surface area contributed by atoms with Crippen LogP contribution in [0.15, 0.2) is 47.0 Å². The molecule has 0 unspecified atom stereocenters. The van der Waals surface area contributed by atoms with E-state index in [4.69, 9.17) is 10.3 Å². The average Bonchev–Trinajstić information content (AvgIpc) is 2.86. The summed E-state index contributed by atoms with van der Waals surface area (Å²) in [6.07, 6.45) is 0.167. The first-order valence-electron chi connectivity index (χ1n) is 6.63. The van der Waals surface area contributed by atoms with Crippen molar-refractivity contribution in [3.8, 4) is 0 Å². The van der Waals surface area contributed by atoms with E-state index in [1.807, 2.05) is 37.3 Å². The molecule has 0 atom stereocenters. The Morgan fingerprint density at radius 2 is 2.10 bits per heavy atom. The summed E-state index contributed by atoms with van der Waals surface area (Å²) >= 11 is 0. The normalized spacial score (nSPS) is 10.7. The molecule has 0 saturated heterocycles. The zero-order valence-electron chi connectivity index (χ0n) is 11.6. The van der Waals surface area contributed by atoms with Gasteiger partial charge in [0, 0.05) is 16.8 Å². The van der Waals surface area contributed by atoms with Crippen molar-refractivity contribution < 1.29 is 9.32 Å². The molecule has 3 rings (SSSR count). The molecular weight excluding hydrogens is 266 g/mol. The topological polar surface area (TPSA) is 81.2 Å². The summed E-state index contributed by atoms with van der Waals surface area (Å²) in [6, 6.07) is 12.9. The summed E-state index contributed by atoms with van der Waals surface area (Å²) in [5.74, 6) is -0.141. The first-order valence-corrected chi connectivity index (χ1v) is 6.63. The molecule has 2 aromatic carbocycles. The van der Waals surface area contributed by atoms with Crippen LogP contribution >= 0.6 is 0 Å². The highest BCUT2D eigenvalue weighted by atomic mass is 16.5. The second-order valence-corrected chi connectivity index (χ2v) is 4.92. The number of fused-ring (bicyclic) bond motifs is 1. The van der Waals surface area contributed by atoms with Crippen LogP contribution in [0.5, 0.6) is 0 Å². The highest BCUT2D eigenvalue weighted by Gasteiger charge is 2.12. The second kappa shape index (κ2) is 5.28. The molecule has 106 valence electrons. The predicted octanol–water partition coefficient (Wildman–Crippen LogP) is 2.90. The van der Waals surface area contributed by atoms with Crippen molar-refractivity contribution in [2.24, 2.45) is 0 Å². The summed E-state index contributed by atoms with van der Waals surface area (Å²) in [6.45, 7) is 1.90. The van der Waals surface area contributed by atoms with E-state index in [1.165, 1.54) is 0 Å². The SMILES string of the molecule is Cc1cc(NC(=O)Cc2noc3ccccc23)ccc1N. The lowest BCUT2D eigenvalue weighted by Crippen LogP contribution is -2.14. The number of hydrogen-bond donors (Lipinski definition) is 2. The minimum absolute atomic E-state index is 0.141. The van der Waals surface area contributed by atoms with Crippen molar-refractivity contribution in [3.63, 3.8) is 0 Å². The van der Waals surface area contributed by atoms with Gasteiger partial charge in [-0.15, -0.1) is 0 Å². The van der Waals surface area contributed by atoms with Crippen molar-refractivity contribution in [1.82, 2.24) is 5.16 Å². The second-order valence-electron chi connectivity index (χ2n) is 4.92. The monoisotopic (exact) mass is 281 g/mol. The van der Waals surface area contributed by atoms with Gasteiger partial charge in [-0.05, 0) is 42.8 Å². The van der Waals surface area contributed by atoms with Gasteiger partial charge in [0.25, 0.3) is 0 Å². The molecule has 1 heterocycles. The first kappa shape index (κ1) is 13.2. The molecule has 1 amide bonds. The molecule has 0 fully saturated rings. The molecule has 0 aliphatic heterocycles. The minimum Gasteiger partial charge on any atom is -0.399 e. The summed E-state index contributed by atoms with van der Waals surface area (Å²) in [4.78, 5) is 12.1. The Morgan fingerprint density at radius 1 is 1.29 bits per heavy atom. The third kappa shape index (κ3) is 2.72. The number of rotatable bonds is 3. The quantitative estimate of drug-likeness (QED) is 0.723. The molecule has 5 heteroatoms. The van der Waals surface area contributed by atoms with Gasteiger partial charge in [-0.2, -0.15) is 0 Å². The van der Waals surface area contributed by atoms with Gasteiger partial charge in [0.05, 0.1) is 6.42 Å². The van der Waals surface area contributed by atoms with Crippen LogP contribution in [0.2, 0.25) is 0 Å². The predicted molar refractivity (Wildman–Crippen MR) is 81.9 cm³/mol. The third-order valence-corrected chi connectivity index (χ3v) is 3.33. The van der Waals surface area contributed by atoms with Gasteiger partial charge in [-0.3, -0.25) is 4.79 Å². The molecule has 1 aromatic heterocycles. The number of nitrogens with one attached hydrogen (secondary N) is 1. The molecule has 3 N–H and O–H groups in total. The number of nitrogens with zero attached hydrogens (tertiary/aromatic N) is 1. The van der Waals surface area contributed by atoms with Gasteiger partial charge in [0.2, 0.25) is 5.91 Å². The Labute approximate surface area is 121 Å². The van der Waals surface area contributed by atoms with Gasteiger partial charge >= 0.3 is 0 Å². The van der Waals surface area contributed by atoms with Crippen LogP contribution in [0.1, 0.15) is 11.3 Å². The minimum atomic E-state index is -0.141. The molecule has 21 heavy (non-hydrogen) atoms. The Hall–Kier alpha value is -2.82. The maximum absolute atomic E-state index is 12.1. The Balaban J connectivity index is 1.75. The molecule has 0 saturated carbocycles. The smallest absolute Gasteiger partial charge is 0.230 e. The van der Waals surface area contributed by atoms with Crippen LogP contribution in [0.25, 0.3) is 11.0 Å². The molecule has 5 nitrogen and oxygen atoms in total. The number of carbonyl (C=O) groups is 1. The van der Waals surface area contributed by atoms with E-state index in [1.54, 1.807) is 12.1 Å². The third-order valence-electron chi connectivity index (χ3n) is 3.33. The molecule has 0 aliphatic carbocycles. The number of benzene rings is 2. The largest absolute Gasteiger partial charge is 0.399 e. The summed E-state index contributed by atoms with van der Waals surface area (Å²) in [5, 5.41) is 7.65. The van der Waals surface area contributed by atoms with E-state index in [0.717, 1.165) is 16.6 Å². The highest BCUT2D eigenvalue weighted by molar-refractivity contribution is 5.94. The van der Waals surface area contributed by atoms with Crippen LogP contribution in [0.4, 0.5) is 11.4 Å². The number of carbonyl (C=O) groups excluding carboxylic acids is 1. The van der Waals surface area contributed by atoms with E-state index in [-0.39, 0.29) is 12.3 Å². The fourth-order valence-electron chi connectivity index (χ4n) is 2.18. The number of nitrogens with two attached hydrogens (primary N) is 1. The standard InChI is InChI=1S/C16H15N3O2/c1-10-8-11(6-7-13(10)17)18-16(20)9-14-12-4-2-3-5-15(12)21-19-14/h2-8H,9,17H2,1H3,(H,18,20). The van der Waals surface area contributed by atoms with E-state index in [2.05, 4.69) is 10.5 Å². The number of aromatic nitrogens is 1. The highest BCUT2D eigenvalue weighted by Crippen LogP contribution is 2.20. The Morgan fingerprint density at radius 3 is 2.90 bits per heavy atom. The Kier molecular flexibility index (Phi) is 3.31. The molecule has 0 spiro atoms. The van der Waals surface area contributed by atoms with Gasteiger partial charge in [0.1, 0.15) is 5.69 Å². The van der Waals surface area contributed by atoms with E-state index >= 15 is 0 Å². The first-order chi connectivity index (χ1) is 10.1. The summed E-state index contributed by atoms with van der Waals surface area (Å²) in [7, 11) is 0. The van der Waals surface area contributed by atoms with Crippen molar-refractivity contribution in [2.45, 2.75) is 13.3 Å². The lowest BCUT2D eigenvalue weighted by Gasteiger charge is -2.06. The van der Waals surface area contributed by atoms with Crippen molar-refractivity contribution in [3.05, 3.63) is 53.7 Å². The molecular formula is C16H15N3O2. The molecule has 0 radical (unpaired) electrons. The lowest BCUT2D eigenvalue weighted by molar-refractivity contribution is -0.115. The average molecular weight is 281 g/mol. The molecule has 0 aliphatic rings. The molecule has 0 bridgehead atoms. The van der Waals surface area contributed by atoms with Crippen LogP contribution in [-0.4, -0.2) is 11.1 Å². The summed E-state index contributed by atoms with van der Waals surface area (Å²) in [5.41, 5.74) is 9.43. The number of hydrogen-bond acceptors (Lipinski definition) is 4. The number of nitrogen functional groups attached to an aromatic ring is 1. The van der Waals surface area contributed by atoms with Gasteiger partial charge in [0.15, 0.2) is 5.58 Å². The van der Waals surface area contributed by atoms with E-state index in [9.17, 15) is 4.79 Å². The van der Waals surface area contributed by atoms with E-state index in [0.29, 0.717) is 17.0 Å². The zero-order chi connectivity index (χ0) is 14.8. The van der Waals surface area contributed by atoms with Crippen LogP contribution < -0.4 is 11.1 Å². The van der Waals surface area contributed by atoms with Gasteiger partial charge in [-0.1, -0.05) is 17.3 Å². The van der Waals surface area contributed by atoms with Crippen molar-refractivity contribution in [2.75, 3.05) is 11.1 Å². The van der Waals surface area contributed by atoms with Crippen LogP contribution in [0.3, 0.4) is 0 Å². The van der Waals surface area contributed by atoms with Crippen molar-refractivity contribution in [1.29, 1.82) is 0 Å². The van der Waals surface area contributed by atoms with Crippen LogP contribution in [-0.2, 0) is 11.2 Å². The number of amides is 1. The number of anilines is 2. The fourth-order valence-corrected chi connectivity index (χ4v) is 2.18. The fraction of sp³-hybridized carbons (Fsp3) is 0.125. The number of aryl methyl sites for hydroxylation is 1. The van der Waals surface area contributed by atoms with Crippen molar-refractivity contribution >= 4 is 28.3 Å². The number of para-hydroxylation sites is 1.